The summed E-state index contributed by atoms with van der Waals surface area (Å²) in [5, 5.41) is 9.66. The standard InChI is InChI=1S/C21H25N3O3/c1-13-7-6-8-14(2)20(13)23-21(26)16(4)27-24-15(3)18-9-11-19(12-10-18)22-17(5)25/h6-12,16H,1-5H3,(H,22,25)(H,23,26)/b24-15+. The Hall–Kier alpha value is -3.15. The summed E-state index contributed by atoms with van der Waals surface area (Å²) in [7, 11) is 0. The number of oxime groups is 1. The number of hydrogen-bond acceptors (Lipinski definition) is 4. The number of nitrogens with one attached hydrogen (secondary N) is 2. The molecule has 2 N–H and O–H groups in total. The number of aryl methyl sites for hydroxylation is 2. The Morgan fingerprint density at radius 1 is 0.963 bits per heavy atom. The van der Waals surface area contributed by atoms with E-state index in [-0.39, 0.29) is 11.8 Å². The molecule has 0 fully saturated rings. The summed E-state index contributed by atoms with van der Waals surface area (Å²) in [6.45, 7) is 8.80. The van der Waals surface area contributed by atoms with Crippen LogP contribution in [-0.2, 0) is 14.4 Å². The zero-order chi connectivity index (χ0) is 20.0. The second kappa shape index (κ2) is 8.98. The second-order valence-corrected chi connectivity index (χ2v) is 6.44. The van der Waals surface area contributed by atoms with Crippen LogP contribution in [0.25, 0.3) is 0 Å². The zero-order valence-electron chi connectivity index (χ0n) is 16.3. The van der Waals surface area contributed by atoms with Crippen molar-refractivity contribution in [3.63, 3.8) is 0 Å². The van der Waals surface area contributed by atoms with Gasteiger partial charge in [0.05, 0.1) is 5.71 Å². The Labute approximate surface area is 159 Å². The lowest BCUT2D eigenvalue weighted by atomic mass is 10.1. The Bertz CT molecular complexity index is 837. The molecule has 0 aliphatic carbocycles. The lowest BCUT2D eigenvalue weighted by Crippen LogP contribution is -2.27. The van der Waals surface area contributed by atoms with Crippen LogP contribution in [0.1, 0.15) is 37.5 Å². The van der Waals surface area contributed by atoms with Crippen molar-refractivity contribution in [1.29, 1.82) is 0 Å². The zero-order valence-corrected chi connectivity index (χ0v) is 16.3. The first kappa shape index (κ1) is 20.2. The molecule has 2 rings (SSSR count). The first-order valence-corrected chi connectivity index (χ1v) is 8.73. The average Bonchev–Trinajstić information content (AvgIpc) is 2.62. The first-order valence-electron chi connectivity index (χ1n) is 8.73. The number of nitrogens with zero attached hydrogens (tertiary/aromatic N) is 1. The highest BCUT2D eigenvalue weighted by atomic mass is 16.6. The van der Waals surface area contributed by atoms with Crippen LogP contribution < -0.4 is 10.6 Å². The minimum absolute atomic E-state index is 0.125. The summed E-state index contributed by atoms with van der Waals surface area (Å²) >= 11 is 0. The topological polar surface area (TPSA) is 79.8 Å². The fraction of sp³-hybridized carbons (Fsp3) is 0.286. The molecule has 0 heterocycles. The molecule has 2 amide bonds. The normalized spacial score (nSPS) is 12.3. The van der Waals surface area contributed by atoms with E-state index < -0.39 is 6.10 Å². The van der Waals surface area contributed by atoms with E-state index in [0.717, 1.165) is 22.4 Å². The maximum atomic E-state index is 12.4. The van der Waals surface area contributed by atoms with Gasteiger partial charge in [0.1, 0.15) is 0 Å². The molecule has 0 aliphatic rings. The second-order valence-electron chi connectivity index (χ2n) is 6.44. The summed E-state index contributed by atoms with van der Waals surface area (Å²) < 4.78 is 0. The van der Waals surface area contributed by atoms with E-state index in [4.69, 9.17) is 4.84 Å². The van der Waals surface area contributed by atoms with E-state index in [1.165, 1.54) is 6.92 Å². The van der Waals surface area contributed by atoms with Gasteiger partial charge in [-0.3, -0.25) is 9.59 Å². The van der Waals surface area contributed by atoms with E-state index in [1.54, 1.807) is 26.0 Å². The summed E-state index contributed by atoms with van der Waals surface area (Å²) in [4.78, 5) is 28.8. The van der Waals surface area contributed by atoms with E-state index in [9.17, 15) is 9.59 Å². The van der Waals surface area contributed by atoms with Crippen LogP contribution >= 0.6 is 0 Å². The third kappa shape index (κ3) is 5.67. The molecule has 0 aliphatic heterocycles. The number of hydrogen-bond donors (Lipinski definition) is 2. The largest absolute Gasteiger partial charge is 0.382 e. The minimum atomic E-state index is -0.738. The van der Waals surface area contributed by atoms with Gasteiger partial charge >= 0.3 is 0 Å². The summed E-state index contributed by atoms with van der Waals surface area (Å²) in [5.74, 6) is -0.384. The molecule has 6 nitrogen and oxygen atoms in total. The Kier molecular flexibility index (Phi) is 6.71. The number of rotatable bonds is 6. The van der Waals surface area contributed by atoms with E-state index >= 15 is 0 Å². The van der Waals surface area contributed by atoms with Gasteiger partial charge in [-0.15, -0.1) is 0 Å². The molecule has 2 aromatic rings. The van der Waals surface area contributed by atoms with Crippen LogP contribution in [-0.4, -0.2) is 23.6 Å². The smallest absolute Gasteiger partial charge is 0.268 e. The third-order valence-corrected chi connectivity index (χ3v) is 4.07. The molecule has 1 atom stereocenters. The molecule has 0 aromatic heterocycles. The molecule has 27 heavy (non-hydrogen) atoms. The van der Waals surface area contributed by atoms with Crippen molar-refractivity contribution in [2.45, 2.75) is 40.7 Å². The Balaban J connectivity index is 1.99. The number of amides is 2. The van der Waals surface area contributed by atoms with Crippen LogP contribution in [0.15, 0.2) is 47.6 Å². The van der Waals surface area contributed by atoms with Crippen molar-refractivity contribution in [1.82, 2.24) is 0 Å². The molecular weight excluding hydrogens is 342 g/mol. The quantitative estimate of drug-likeness (QED) is 0.597. The maximum Gasteiger partial charge on any atom is 0.268 e. The van der Waals surface area contributed by atoms with Crippen LogP contribution in [0, 0.1) is 13.8 Å². The van der Waals surface area contributed by atoms with Crippen LogP contribution in [0.5, 0.6) is 0 Å². The fourth-order valence-electron chi connectivity index (χ4n) is 2.49. The molecular formula is C21H25N3O3. The van der Waals surface area contributed by atoms with Gasteiger partial charge in [-0.25, -0.2) is 0 Å². The predicted molar refractivity (Wildman–Crippen MR) is 108 cm³/mol. The maximum absolute atomic E-state index is 12.4. The SMILES string of the molecule is CC(=O)Nc1ccc(/C(C)=N/OC(C)C(=O)Nc2c(C)cccc2C)cc1. The van der Waals surface area contributed by atoms with Crippen molar-refractivity contribution < 1.29 is 14.4 Å². The lowest BCUT2D eigenvalue weighted by Gasteiger charge is -2.14. The van der Waals surface area contributed by atoms with Crippen molar-refractivity contribution >= 4 is 28.9 Å². The number of carbonyl (C=O) groups is 2. The van der Waals surface area contributed by atoms with E-state index in [0.29, 0.717) is 11.4 Å². The summed E-state index contributed by atoms with van der Waals surface area (Å²) in [5.41, 5.74) is 4.97. The number of para-hydroxylation sites is 1. The number of benzene rings is 2. The third-order valence-electron chi connectivity index (χ3n) is 4.07. The van der Waals surface area contributed by atoms with Crippen LogP contribution in [0.3, 0.4) is 0 Å². The fourth-order valence-corrected chi connectivity index (χ4v) is 2.49. The van der Waals surface area contributed by atoms with Gasteiger partial charge in [-0.1, -0.05) is 35.5 Å². The van der Waals surface area contributed by atoms with Gasteiger partial charge in [-0.2, -0.15) is 0 Å². The van der Waals surface area contributed by atoms with Crippen molar-refractivity contribution in [2.75, 3.05) is 10.6 Å². The summed E-state index contributed by atoms with van der Waals surface area (Å²) in [6, 6.07) is 13.1. The average molecular weight is 367 g/mol. The molecule has 6 heteroatoms. The highest BCUT2D eigenvalue weighted by Gasteiger charge is 2.16. The molecule has 1 unspecified atom stereocenters. The highest BCUT2D eigenvalue weighted by Crippen LogP contribution is 2.20. The van der Waals surface area contributed by atoms with Crippen molar-refractivity contribution in [3.05, 3.63) is 59.2 Å². The van der Waals surface area contributed by atoms with Gasteiger partial charge in [0.25, 0.3) is 5.91 Å². The Morgan fingerprint density at radius 2 is 1.56 bits per heavy atom. The van der Waals surface area contributed by atoms with E-state index in [1.807, 2.05) is 44.2 Å². The monoisotopic (exact) mass is 367 g/mol. The van der Waals surface area contributed by atoms with Crippen LogP contribution in [0.2, 0.25) is 0 Å². The lowest BCUT2D eigenvalue weighted by molar-refractivity contribution is -0.126. The van der Waals surface area contributed by atoms with E-state index in [2.05, 4.69) is 15.8 Å². The molecule has 0 saturated heterocycles. The van der Waals surface area contributed by atoms with Gasteiger partial charge in [0.2, 0.25) is 12.0 Å². The first-order chi connectivity index (χ1) is 12.8. The molecule has 142 valence electrons. The molecule has 0 spiro atoms. The Morgan fingerprint density at radius 3 is 2.11 bits per heavy atom. The van der Waals surface area contributed by atoms with Crippen molar-refractivity contribution in [3.8, 4) is 0 Å². The van der Waals surface area contributed by atoms with Crippen molar-refractivity contribution in [2.24, 2.45) is 5.16 Å². The molecule has 2 aromatic carbocycles. The van der Waals surface area contributed by atoms with Crippen LogP contribution in [0.4, 0.5) is 11.4 Å². The molecule has 0 saturated carbocycles. The molecule has 0 radical (unpaired) electrons. The van der Waals surface area contributed by atoms with Gasteiger partial charge in [0, 0.05) is 18.3 Å². The predicted octanol–water partition coefficient (Wildman–Crippen LogP) is 4.03. The summed E-state index contributed by atoms with van der Waals surface area (Å²) in [6.07, 6.45) is -0.738. The number of carbonyl (C=O) groups excluding carboxylic acids is 2. The van der Waals surface area contributed by atoms with Gasteiger partial charge in [-0.05, 0) is 56.5 Å². The highest BCUT2D eigenvalue weighted by molar-refractivity contribution is 5.99. The van der Waals surface area contributed by atoms with Gasteiger partial charge < -0.3 is 15.5 Å². The molecule has 0 bridgehead atoms. The minimum Gasteiger partial charge on any atom is -0.382 e. The number of anilines is 2. The van der Waals surface area contributed by atoms with Gasteiger partial charge in [0.15, 0.2) is 0 Å².